The molecule has 1 heterocycles. The molecule has 1 aromatic heterocycles. The van der Waals surface area contributed by atoms with Crippen LogP contribution in [-0.4, -0.2) is 22.0 Å². The molecule has 2 rings (SSSR count). The van der Waals surface area contributed by atoms with Crippen molar-refractivity contribution >= 4 is 33.5 Å². The van der Waals surface area contributed by atoms with E-state index in [0.29, 0.717) is 10.2 Å². The number of carboxylic acid groups (broad SMARTS) is 1. The summed E-state index contributed by atoms with van der Waals surface area (Å²) in [5.41, 5.74) is 0.917. The second-order valence-corrected chi connectivity index (χ2v) is 4.52. The molecule has 6 heteroatoms. The van der Waals surface area contributed by atoms with E-state index in [1.807, 2.05) is 0 Å². The number of anilines is 1. The second-order valence-electron chi connectivity index (χ2n) is 3.67. The molecule has 0 fully saturated rings. The fourth-order valence-corrected chi connectivity index (χ4v) is 1.91. The van der Waals surface area contributed by atoms with Crippen LogP contribution in [0.4, 0.5) is 5.69 Å². The highest BCUT2D eigenvalue weighted by Gasteiger charge is 2.11. The number of aromatic carboxylic acids is 1. The van der Waals surface area contributed by atoms with E-state index in [9.17, 15) is 9.59 Å². The molecular formula is C13H9BrN2O3. The number of benzene rings is 1. The van der Waals surface area contributed by atoms with Gasteiger partial charge in [-0.3, -0.25) is 9.78 Å². The van der Waals surface area contributed by atoms with E-state index < -0.39 is 5.97 Å². The lowest BCUT2D eigenvalue weighted by atomic mass is 10.2. The van der Waals surface area contributed by atoms with Gasteiger partial charge in [0.15, 0.2) is 0 Å². The lowest BCUT2D eigenvalue weighted by Gasteiger charge is -2.07. The van der Waals surface area contributed by atoms with Gasteiger partial charge >= 0.3 is 5.97 Å². The highest BCUT2D eigenvalue weighted by Crippen LogP contribution is 2.24. The Labute approximate surface area is 117 Å². The number of hydrogen-bond acceptors (Lipinski definition) is 3. The predicted molar refractivity (Wildman–Crippen MR) is 73.3 cm³/mol. The van der Waals surface area contributed by atoms with E-state index in [4.69, 9.17) is 5.11 Å². The third-order valence-electron chi connectivity index (χ3n) is 2.36. The van der Waals surface area contributed by atoms with Crippen LogP contribution in [0.2, 0.25) is 0 Å². The molecule has 19 heavy (non-hydrogen) atoms. The first-order chi connectivity index (χ1) is 9.08. The van der Waals surface area contributed by atoms with Gasteiger partial charge in [-0.25, -0.2) is 4.79 Å². The average molecular weight is 321 g/mol. The molecule has 0 spiro atoms. The Balaban J connectivity index is 2.20. The maximum Gasteiger partial charge on any atom is 0.335 e. The number of rotatable bonds is 3. The zero-order valence-electron chi connectivity index (χ0n) is 9.63. The van der Waals surface area contributed by atoms with Crippen LogP contribution in [-0.2, 0) is 0 Å². The van der Waals surface area contributed by atoms with Gasteiger partial charge < -0.3 is 10.4 Å². The highest BCUT2D eigenvalue weighted by molar-refractivity contribution is 9.10. The molecule has 0 bridgehead atoms. The van der Waals surface area contributed by atoms with Gasteiger partial charge in [0.25, 0.3) is 5.91 Å². The van der Waals surface area contributed by atoms with Crippen molar-refractivity contribution in [1.29, 1.82) is 0 Å². The van der Waals surface area contributed by atoms with Crippen molar-refractivity contribution in [2.24, 2.45) is 0 Å². The molecule has 5 nitrogen and oxygen atoms in total. The molecule has 0 saturated carbocycles. The summed E-state index contributed by atoms with van der Waals surface area (Å²) in [5.74, 6) is -1.38. The predicted octanol–water partition coefficient (Wildman–Crippen LogP) is 2.79. The van der Waals surface area contributed by atoms with Crippen molar-refractivity contribution in [3.63, 3.8) is 0 Å². The number of amides is 1. The molecular weight excluding hydrogens is 312 g/mol. The Kier molecular flexibility index (Phi) is 3.91. The number of carbonyl (C=O) groups is 2. The van der Waals surface area contributed by atoms with E-state index in [1.54, 1.807) is 18.2 Å². The van der Waals surface area contributed by atoms with Crippen LogP contribution in [0.5, 0.6) is 0 Å². The van der Waals surface area contributed by atoms with Crippen molar-refractivity contribution in [2.75, 3.05) is 5.32 Å². The molecule has 0 atom stereocenters. The zero-order valence-corrected chi connectivity index (χ0v) is 11.2. The van der Waals surface area contributed by atoms with Crippen molar-refractivity contribution in [1.82, 2.24) is 4.98 Å². The summed E-state index contributed by atoms with van der Waals surface area (Å²) in [7, 11) is 0. The Bertz CT molecular complexity index is 629. The van der Waals surface area contributed by atoms with Crippen LogP contribution in [0.25, 0.3) is 0 Å². The van der Waals surface area contributed by atoms with Gasteiger partial charge in [0, 0.05) is 10.7 Å². The van der Waals surface area contributed by atoms with Crippen molar-refractivity contribution in [3.05, 3.63) is 58.3 Å². The summed E-state index contributed by atoms with van der Waals surface area (Å²) in [6.45, 7) is 0. The smallest absolute Gasteiger partial charge is 0.335 e. The summed E-state index contributed by atoms with van der Waals surface area (Å²) < 4.78 is 0.497. The molecule has 1 amide bonds. The molecule has 2 aromatic rings. The summed E-state index contributed by atoms with van der Waals surface area (Å²) in [5, 5.41) is 11.5. The Hall–Kier alpha value is -2.21. The third-order valence-corrected chi connectivity index (χ3v) is 3.02. The monoisotopic (exact) mass is 320 g/mol. The molecule has 0 saturated heterocycles. The normalized spacial score (nSPS) is 9.95. The Morgan fingerprint density at radius 2 is 2.00 bits per heavy atom. The molecule has 1 aromatic carbocycles. The molecule has 0 radical (unpaired) electrons. The van der Waals surface area contributed by atoms with Gasteiger partial charge in [-0.05, 0) is 46.3 Å². The number of aromatic nitrogens is 1. The van der Waals surface area contributed by atoms with Crippen molar-refractivity contribution < 1.29 is 14.7 Å². The molecule has 96 valence electrons. The fraction of sp³-hybridized carbons (Fsp3) is 0. The van der Waals surface area contributed by atoms with Gasteiger partial charge in [-0.15, -0.1) is 0 Å². The first kappa shape index (κ1) is 13.2. The summed E-state index contributed by atoms with van der Waals surface area (Å²) in [6.07, 6.45) is 1.53. The van der Waals surface area contributed by atoms with Gasteiger partial charge in [0.1, 0.15) is 5.69 Å². The SMILES string of the molecule is O=C(O)c1ccc(NC(=O)c2ccccn2)c(Br)c1. The molecule has 2 N–H and O–H groups in total. The number of nitrogens with zero attached hydrogens (tertiary/aromatic N) is 1. The minimum Gasteiger partial charge on any atom is -0.478 e. The molecule has 0 aliphatic carbocycles. The number of pyridine rings is 1. The highest BCUT2D eigenvalue weighted by atomic mass is 79.9. The maximum absolute atomic E-state index is 11.9. The summed E-state index contributed by atoms with van der Waals surface area (Å²) in [6, 6.07) is 9.39. The Morgan fingerprint density at radius 1 is 1.21 bits per heavy atom. The van der Waals surface area contributed by atoms with E-state index in [-0.39, 0.29) is 17.2 Å². The maximum atomic E-state index is 11.9. The standard InChI is InChI=1S/C13H9BrN2O3/c14-9-7-8(13(18)19)4-5-10(9)16-12(17)11-3-1-2-6-15-11/h1-7H,(H,16,17)(H,18,19). The van der Waals surface area contributed by atoms with Gasteiger partial charge in [0.05, 0.1) is 11.3 Å². The van der Waals surface area contributed by atoms with Crippen LogP contribution in [0.1, 0.15) is 20.8 Å². The molecule has 0 aliphatic heterocycles. The van der Waals surface area contributed by atoms with E-state index >= 15 is 0 Å². The van der Waals surface area contributed by atoms with Crippen molar-refractivity contribution in [2.45, 2.75) is 0 Å². The lowest BCUT2D eigenvalue weighted by molar-refractivity contribution is 0.0696. The van der Waals surface area contributed by atoms with E-state index in [0.717, 1.165) is 0 Å². The molecule has 0 aliphatic rings. The van der Waals surface area contributed by atoms with Crippen LogP contribution >= 0.6 is 15.9 Å². The minimum atomic E-state index is -1.02. The van der Waals surface area contributed by atoms with Crippen LogP contribution < -0.4 is 5.32 Å². The number of nitrogens with one attached hydrogen (secondary N) is 1. The van der Waals surface area contributed by atoms with Gasteiger partial charge in [-0.2, -0.15) is 0 Å². The molecule has 0 unspecified atom stereocenters. The Morgan fingerprint density at radius 3 is 2.58 bits per heavy atom. The van der Waals surface area contributed by atoms with Crippen LogP contribution in [0.3, 0.4) is 0 Å². The van der Waals surface area contributed by atoms with Crippen LogP contribution in [0.15, 0.2) is 47.1 Å². The third kappa shape index (κ3) is 3.17. The second kappa shape index (κ2) is 5.62. The zero-order chi connectivity index (χ0) is 13.8. The quantitative estimate of drug-likeness (QED) is 0.911. The van der Waals surface area contributed by atoms with Crippen LogP contribution in [0, 0.1) is 0 Å². The average Bonchev–Trinajstić information content (AvgIpc) is 2.41. The minimum absolute atomic E-state index is 0.141. The number of carboxylic acids is 1. The van der Waals surface area contributed by atoms with E-state index in [1.165, 1.54) is 24.4 Å². The number of hydrogen-bond donors (Lipinski definition) is 2. The first-order valence-electron chi connectivity index (χ1n) is 5.33. The van der Waals surface area contributed by atoms with Gasteiger partial charge in [0.2, 0.25) is 0 Å². The van der Waals surface area contributed by atoms with E-state index in [2.05, 4.69) is 26.2 Å². The fourth-order valence-electron chi connectivity index (χ4n) is 1.43. The lowest BCUT2D eigenvalue weighted by Crippen LogP contribution is -2.13. The van der Waals surface area contributed by atoms with Gasteiger partial charge in [-0.1, -0.05) is 6.07 Å². The number of halogens is 1. The van der Waals surface area contributed by atoms with Crippen molar-refractivity contribution in [3.8, 4) is 0 Å². The largest absolute Gasteiger partial charge is 0.478 e. The topological polar surface area (TPSA) is 79.3 Å². The summed E-state index contributed by atoms with van der Waals surface area (Å²) in [4.78, 5) is 26.6. The summed E-state index contributed by atoms with van der Waals surface area (Å²) >= 11 is 3.22. The first-order valence-corrected chi connectivity index (χ1v) is 6.12. The number of carbonyl (C=O) groups excluding carboxylic acids is 1.